The Labute approximate surface area is 121 Å². The van der Waals surface area contributed by atoms with E-state index in [1.165, 1.54) is 25.7 Å². The molecule has 2 aliphatic rings. The Morgan fingerprint density at radius 2 is 2.05 bits per heavy atom. The van der Waals surface area contributed by atoms with E-state index in [9.17, 15) is 4.39 Å². The molecule has 1 N–H and O–H groups in total. The minimum atomic E-state index is -0.0627. The molecule has 1 heterocycles. The number of halogens is 1. The fourth-order valence-electron chi connectivity index (χ4n) is 3.33. The van der Waals surface area contributed by atoms with Crippen LogP contribution >= 0.6 is 0 Å². The van der Waals surface area contributed by atoms with Crippen molar-refractivity contribution < 1.29 is 4.39 Å². The standard InChI is InChI=1S/C17H25FN2/c1-3-15-8-4-12(2)20(15)17-9-5-13(10-16(17)18)11-19-14-6-7-14/h5,9-10,12,14-15,19H,3-4,6-8,11H2,1-2H3. The number of benzene rings is 1. The third-order valence-electron chi connectivity index (χ3n) is 4.72. The van der Waals surface area contributed by atoms with Crippen LogP contribution in [0.1, 0.15) is 51.5 Å². The predicted molar refractivity (Wildman–Crippen MR) is 81.5 cm³/mol. The van der Waals surface area contributed by atoms with Crippen LogP contribution < -0.4 is 10.2 Å². The molecule has 2 fully saturated rings. The van der Waals surface area contributed by atoms with E-state index < -0.39 is 0 Å². The summed E-state index contributed by atoms with van der Waals surface area (Å²) < 4.78 is 14.5. The third-order valence-corrected chi connectivity index (χ3v) is 4.72. The third kappa shape index (κ3) is 2.83. The van der Waals surface area contributed by atoms with Crippen molar-refractivity contribution >= 4 is 5.69 Å². The molecular formula is C17H25FN2. The van der Waals surface area contributed by atoms with E-state index in [0.717, 1.165) is 24.2 Å². The number of rotatable bonds is 5. The molecule has 1 aromatic carbocycles. The maximum absolute atomic E-state index is 14.5. The van der Waals surface area contributed by atoms with Crippen LogP contribution in [0.4, 0.5) is 10.1 Å². The fraction of sp³-hybridized carbons (Fsp3) is 0.647. The minimum absolute atomic E-state index is 0.0627. The molecule has 110 valence electrons. The van der Waals surface area contributed by atoms with Crippen LogP contribution in [0.5, 0.6) is 0 Å². The first-order chi connectivity index (χ1) is 9.69. The van der Waals surface area contributed by atoms with Gasteiger partial charge in [-0.2, -0.15) is 0 Å². The molecule has 2 atom stereocenters. The van der Waals surface area contributed by atoms with Gasteiger partial charge in [-0.05, 0) is 56.7 Å². The SMILES string of the molecule is CCC1CCC(C)N1c1ccc(CNC2CC2)cc1F. The van der Waals surface area contributed by atoms with Gasteiger partial charge in [-0.3, -0.25) is 0 Å². The number of nitrogens with zero attached hydrogens (tertiary/aromatic N) is 1. The molecule has 20 heavy (non-hydrogen) atoms. The lowest BCUT2D eigenvalue weighted by Crippen LogP contribution is -2.34. The van der Waals surface area contributed by atoms with Gasteiger partial charge < -0.3 is 10.2 Å². The molecule has 0 radical (unpaired) electrons. The molecule has 2 unspecified atom stereocenters. The summed E-state index contributed by atoms with van der Waals surface area (Å²) in [5.74, 6) is -0.0627. The largest absolute Gasteiger partial charge is 0.363 e. The summed E-state index contributed by atoms with van der Waals surface area (Å²) in [6.07, 6.45) is 5.98. The molecule has 0 bridgehead atoms. The van der Waals surface area contributed by atoms with Gasteiger partial charge >= 0.3 is 0 Å². The monoisotopic (exact) mass is 276 g/mol. The second-order valence-electron chi connectivity index (χ2n) is 6.34. The van der Waals surface area contributed by atoms with Gasteiger partial charge in [0, 0.05) is 24.7 Å². The maximum atomic E-state index is 14.5. The molecule has 1 saturated carbocycles. The quantitative estimate of drug-likeness (QED) is 0.879. The first-order valence-corrected chi connectivity index (χ1v) is 7.99. The zero-order valence-corrected chi connectivity index (χ0v) is 12.5. The Kier molecular flexibility index (Phi) is 3.97. The summed E-state index contributed by atoms with van der Waals surface area (Å²) in [4.78, 5) is 2.29. The van der Waals surface area contributed by atoms with Crippen molar-refractivity contribution in [2.75, 3.05) is 4.90 Å². The van der Waals surface area contributed by atoms with Gasteiger partial charge in [-0.1, -0.05) is 13.0 Å². The van der Waals surface area contributed by atoms with Crippen LogP contribution in [0, 0.1) is 5.82 Å². The van der Waals surface area contributed by atoms with Crippen molar-refractivity contribution in [3.8, 4) is 0 Å². The molecule has 3 rings (SSSR count). The highest BCUT2D eigenvalue weighted by atomic mass is 19.1. The van der Waals surface area contributed by atoms with Crippen LogP contribution in [0.2, 0.25) is 0 Å². The van der Waals surface area contributed by atoms with Crippen molar-refractivity contribution in [1.82, 2.24) is 5.32 Å². The first-order valence-electron chi connectivity index (χ1n) is 7.99. The molecule has 1 aromatic rings. The summed E-state index contributed by atoms with van der Waals surface area (Å²) in [5.41, 5.74) is 1.84. The Morgan fingerprint density at radius 1 is 1.25 bits per heavy atom. The molecule has 2 nitrogen and oxygen atoms in total. The summed E-state index contributed by atoms with van der Waals surface area (Å²) >= 11 is 0. The van der Waals surface area contributed by atoms with Crippen molar-refractivity contribution in [3.63, 3.8) is 0 Å². The van der Waals surface area contributed by atoms with E-state index in [0.29, 0.717) is 18.1 Å². The van der Waals surface area contributed by atoms with Crippen molar-refractivity contribution in [2.24, 2.45) is 0 Å². The van der Waals surface area contributed by atoms with Gasteiger partial charge in [0.2, 0.25) is 0 Å². The molecule has 3 heteroatoms. The van der Waals surface area contributed by atoms with E-state index in [-0.39, 0.29) is 5.82 Å². The smallest absolute Gasteiger partial charge is 0.146 e. The fourth-order valence-corrected chi connectivity index (χ4v) is 3.33. The van der Waals surface area contributed by atoms with Crippen LogP contribution in [0.3, 0.4) is 0 Å². The van der Waals surface area contributed by atoms with Gasteiger partial charge in [-0.15, -0.1) is 0 Å². The van der Waals surface area contributed by atoms with E-state index in [2.05, 4.69) is 30.1 Å². The van der Waals surface area contributed by atoms with Crippen LogP contribution in [-0.2, 0) is 6.54 Å². The summed E-state index contributed by atoms with van der Waals surface area (Å²) in [6, 6.07) is 7.37. The topological polar surface area (TPSA) is 15.3 Å². The van der Waals surface area contributed by atoms with E-state index in [1.807, 2.05) is 6.07 Å². The molecule has 1 saturated heterocycles. The maximum Gasteiger partial charge on any atom is 0.146 e. The van der Waals surface area contributed by atoms with Gasteiger partial charge in [0.25, 0.3) is 0 Å². The second-order valence-corrected chi connectivity index (χ2v) is 6.34. The summed E-state index contributed by atoms with van der Waals surface area (Å²) in [6.45, 7) is 5.19. The average molecular weight is 276 g/mol. The number of hydrogen-bond acceptors (Lipinski definition) is 2. The van der Waals surface area contributed by atoms with Gasteiger partial charge in [0.1, 0.15) is 5.82 Å². The van der Waals surface area contributed by atoms with Crippen molar-refractivity contribution in [2.45, 2.75) is 70.6 Å². The van der Waals surface area contributed by atoms with Crippen LogP contribution in [0.15, 0.2) is 18.2 Å². The Morgan fingerprint density at radius 3 is 2.70 bits per heavy atom. The second kappa shape index (κ2) is 5.72. The first kappa shape index (κ1) is 13.9. The molecule has 0 aromatic heterocycles. The summed E-state index contributed by atoms with van der Waals surface area (Å²) in [5, 5.41) is 3.44. The molecular weight excluding hydrogens is 251 g/mol. The van der Waals surface area contributed by atoms with E-state index >= 15 is 0 Å². The number of anilines is 1. The molecule has 1 aliphatic carbocycles. The minimum Gasteiger partial charge on any atom is -0.363 e. The van der Waals surface area contributed by atoms with Gasteiger partial charge in [-0.25, -0.2) is 4.39 Å². The Hall–Kier alpha value is -1.09. The van der Waals surface area contributed by atoms with Gasteiger partial charge in [0.15, 0.2) is 0 Å². The predicted octanol–water partition coefficient (Wildman–Crippen LogP) is 3.85. The normalized spacial score (nSPS) is 26.2. The number of nitrogens with one attached hydrogen (secondary N) is 1. The highest BCUT2D eigenvalue weighted by Gasteiger charge is 2.31. The van der Waals surface area contributed by atoms with E-state index in [4.69, 9.17) is 0 Å². The number of hydrogen-bond donors (Lipinski definition) is 1. The van der Waals surface area contributed by atoms with Crippen molar-refractivity contribution in [1.29, 1.82) is 0 Å². The van der Waals surface area contributed by atoms with Crippen molar-refractivity contribution in [3.05, 3.63) is 29.6 Å². The highest BCUT2D eigenvalue weighted by molar-refractivity contribution is 5.52. The zero-order valence-electron chi connectivity index (χ0n) is 12.5. The molecule has 0 spiro atoms. The Bertz CT molecular complexity index is 470. The molecule has 1 aliphatic heterocycles. The zero-order chi connectivity index (χ0) is 14.1. The lowest BCUT2D eigenvalue weighted by molar-refractivity contribution is 0.579. The van der Waals surface area contributed by atoms with E-state index in [1.54, 1.807) is 6.07 Å². The van der Waals surface area contributed by atoms with Crippen LogP contribution in [-0.4, -0.2) is 18.1 Å². The summed E-state index contributed by atoms with van der Waals surface area (Å²) in [7, 11) is 0. The van der Waals surface area contributed by atoms with Gasteiger partial charge in [0.05, 0.1) is 5.69 Å². The van der Waals surface area contributed by atoms with Crippen LogP contribution in [0.25, 0.3) is 0 Å². The highest BCUT2D eigenvalue weighted by Crippen LogP contribution is 2.34. The Balaban J connectivity index is 1.75. The molecule has 0 amide bonds. The lowest BCUT2D eigenvalue weighted by atomic mass is 10.1. The lowest BCUT2D eigenvalue weighted by Gasteiger charge is -2.30. The average Bonchev–Trinajstić information content (AvgIpc) is 3.20.